The normalized spacial score (nSPS) is 13.1. The van der Waals surface area contributed by atoms with Gasteiger partial charge in [0, 0.05) is 28.3 Å². The second kappa shape index (κ2) is 9.74. The minimum Gasteiger partial charge on any atom is -0.484 e. The Hall–Kier alpha value is -3.94. The molecule has 1 fully saturated rings. The number of hydrogen-bond donors (Lipinski definition) is 2. The molecule has 0 saturated heterocycles. The number of ether oxygens (including phenoxy) is 1. The number of carbonyl (C=O) groups excluding carboxylic acids is 1. The molecule has 12 heteroatoms. The number of hydrogen-bond acceptors (Lipinski definition) is 6. The summed E-state index contributed by atoms with van der Waals surface area (Å²) in [4.78, 5) is 52.2. The lowest BCUT2D eigenvalue weighted by molar-refractivity contribution is -0.119. The van der Waals surface area contributed by atoms with Gasteiger partial charge in [-0.2, -0.15) is 0 Å². The van der Waals surface area contributed by atoms with E-state index in [0.717, 1.165) is 0 Å². The average Bonchev–Trinajstić information content (AvgIpc) is 3.70. The van der Waals surface area contributed by atoms with Gasteiger partial charge in [0.05, 0.1) is 16.9 Å². The number of carbonyl (C=O) groups is 1. The molecular weight excluding hydrogens is 608 g/mol. The van der Waals surface area contributed by atoms with Crippen LogP contribution in [0, 0.1) is 16.3 Å². The molecule has 0 atom stereocenters. The summed E-state index contributed by atoms with van der Waals surface area (Å²) >= 11 is 1.98. The van der Waals surface area contributed by atoms with Crippen LogP contribution in [0.15, 0.2) is 56.8 Å². The average molecular weight is 631 g/mol. The highest BCUT2D eigenvalue weighted by atomic mass is 127. The highest BCUT2D eigenvalue weighted by Gasteiger charge is 2.31. The number of rotatable bonds is 7. The lowest BCUT2D eigenvalue weighted by Gasteiger charge is -2.21. The van der Waals surface area contributed by atoms with E-state index in [1.807, 2.05) is 22.6 Å². The van der Waals surface area contributed by atoms with Gasteiger partial charge in [-0.25, -0.2) is 9.18 Å². The maximum atomic E-state index is 14.8. The van der Waals surface area contributed by atoms with Gasteiger partial charge in [-0.15, -0.1) is 0 Å². The summed E-state index contributed by atoms with van der Waals surface area (Å²) < 4.78 is 24.6. The molecule has 1 saturated carbocycles. The van der Waals surface area contributed by atoms with Crippen LogP contribution in [-0.4, -0.2) is 26.2 Å². The zero-order chi connectivity index (χ0) is 27.3. The molecule has 4 aromatic rings. The second-order valence-corrected chi connectivity index (χ2v) is 10.3. The van der Waals surface area contributed by atoms with Gasteiger partial charge in [0.1, 0.15) is 22.8 Å². The minimum atomic E-state index is -0.668. The quantitative estimate of drug-likeness (QED) is 0.302. The van der Waals surface area contributed by atoms with E-state index in [-0.39, 0.29) is 46.4 Å². The molecule has 2 heterocycles. The van der Waals surface area contributed by atoms with Gasteiger partial charge in [-0.1, -0.05) is 6.07 Å². The molecule has 5 rings (SSSR count). The van der Waals surface area contributed by atoms with Crippen molar-refractivity contribution >= 4 is 50.9 Å². The Balaban J connectivity index is 1.86. The number of aromatic nitrogens is 3. The second-order valence-electron chi connectivity index (χ2n) is 9.09. The number of nitrogens with two attached hydrogens (primary N) is 1. The molecule has 0 radical (unpaired) electrons. The first-order chi connectivity index (χ1) is 18.1. The molecule has 38 heavy (non-hydrogen) atoms. The fourth-order valence-electron chi connectivity index (χ4n) is 4.44. The van der Waals surface area contributed by atoms with Gasteiger partial charge in [0.25, 0.3) is 17.0 Å². The van der Waals surface area contributed by atoms with Crippen LogP contribution in [0.2, 0.25) is 0 Å². The number of aryl methyl sites for hydroxylation is 1. The minimum absolute atomic E-state index is 0.0602. The van der Waals surface area contributed by atoms with E-state index in [1.54, 1.807) is 24.3 Å². The van der Waals surface area contributed by atoms with Crippen LogP contribution < -0.4 is 32.6 Å². The molecule has 1 aliphatic carbocycles. The number of nitrogens with one attached hydrogen (secondary N) is 1. The molecule has 0 aliphatic heterocycles. The van der Waals surface area contributed by atoms with E-state index in [0.29, 0.717) is 22.1 Å². The summed E-state index contributed by atoms with van der Waals surface area (Å²) in [6, 6.07) is 10.6. The van der Waals surface area contributed by atoms with Gasteiger partial charge in [-0.05, 0) is 72.7 Å². The molecule has 2 aromatic carbocycles. The van der Waals surface area contributed by atoms with E-state index in [2.05, 4.69) is 5.32 Å². The largest absolute Gasteiger partial charge is 0.484 e. The van der Waals surface area contributed by atoms with Gasteiger partial charge < -0.3 is 15.8 Å². The molecule has 1 amide bonds. The van der Waals surface area contributed by atoms with Gasteiger partial charge in [0.2, 0.25) is 0 Å². The van der Waals surface area contributed by atoms with Crippen LogP contribution in [0.4, 0.5) is 15.9 Å². The number of benzene rings is 2. The summed E-state index contributed by atoms with van der Waals surface area (Å²) in [5.74, 6) is -0.900. The third-order valence-electron chi connectivity index (χ3n) is 6.40. The first-order valence-corrected chi connectivity index (χ1v) is 12.8. The Bertz CT molecular complexity index is 1810. The number of fused-ring (bicyclic) bond motifs is 1. The molecule has 196 valence electrons. The maximum Gasteiger partial charge on any atom is 0.336 e. The van der Waals surface area contributed by atoms with Crippen molar-refractivity contribution in [1.82, 2.24) is 13.7 Å². The van der Waals surface area contributed by atoms with Crippen molar-refractivity contribution < 1.29 is 13.9 Å². The summed E-state index contributed by atoms with van der Waals surface area (Å²) in [7, 11) is 1.48. The van der Waals surface area contributed by atoms with Crippen molar-refractivity contribution in [2.24, 2.45) is 12.8 Å². The smallest absolute Gasteiger partial charge is 0.336 e. The van der Waals surface area contributed by atoms with Gasteiger partial charge in [0.15, 0.2) is 6.61 Å². The van der Waals surface area contributed by atoms with E-state index < -0.39 is 28.5 Å². The van der Waals surface area contributed by atoms with Crippen LogP contribution in [0.5, 0.6) is 5.75 Å². The van der Waals surface area contributed by atoms with Crippen molar-refractivity contribution in [3.05, 3.63) is 88.6 Å². The molecule has 10 nitrogen and oxygen atoms in total. The predicted molar refractivity (Wildman–Crippen MR) is 149 cm³/mol. The SMILES string of the molecule is Cc1c(=O)n(C)c(Nc2ccc(I)cc2F)c2c(=O)n(C3CC3)c(=O)n(-c3cccc(OCC(N)=O)c3)c12. The van der Waals surface area contributed by atoms with Crippen molar-refractivity contribution in [3.8, 4) is 11.4 Å². The predicted octanol–water partition coefficient (Wildman–Crippen LogP) is 2.85. The Morgan fingerprint density at radius 2 is 1.89 bits per heavy atom. The van der Waals surface area contributed by atoms with Crippen LogP contribution in [0.25, 0.3) is 16.6 Å². The van der Waals surface area contributed by atoms with E-state index >= 15 is 0 Å². The molecule has 0 bridgehead atoms. The van der Waals surface area contributed by atoms with Gasteiger partial charge in [-0.3, -0.25) is 28.1 Å². The summed E-state index contributed by atoms with van der Waals surface area (Å²) in [6.07, 6.45) is 1.31. The van der Waals surface area contributed by atoms with Crippen LogP contribution >= 0.6 is 22.6 Å². The first-order valence-electron chi connectivity index (χ1n) is 11.7. The van der Waals surface area contributed by atoms with Crippen molar-refractivity contribution in [3.63, 3.8) is 0 Å². The molecule has 0 unspecified atom stereocenters. The van der Waals surface area contributed by atoms with E-state index in [1.165, 1.54) is 45.9 Å². The maximum absolute atomic E-state index is 14.8. The Kier molecular flexibility index (Phi) is 6.59. The van der Waals surface area contributed by atoms with Crippen LogP contribution in [-0.2, 0) is 11.8 Å². The van der Waals surface area contributed by atoms with Crippen LogP contribution in [0.1, 0.15) is 24.4 Å². The zero-order valence-electron chi connectivity index (χ0n) is 20.5. The summed E-state index contributed by atoms with van der Waals surface area (Å²) in [5.41, 5.74) is 4.19. The topological polar surface area (TPSA) is 130 Å². The summed E-state index contributed by atoms with van der Waals surface area (Å²) in [5, 5.41) is 3.00. The van der Waals surface area contributed by atoms with Crippen molar-refractivity contribution in [1.29, 1.82) is 0 Å². The number of primary amides is 1. The molecule has 2 aromatic heterocycles. The first kappa shape index (κ1) is 25.7. The molecule has 3 N–H and O–H groups in total. The van der Waals surface area contributed by atoms with Crippen molar-refractivity contribution in [2.75, 3.05) is 11.9 Å². The Labute approximate surface area is 228 Å². The zero-order valence-corrected chi connectivity index (χ0v) is 22.6. The molecule has 1 aliphatic rings. The molecule has 0 spiro atoms. The Morgan fingerprint density at radius 1 is 1.16 bits per heavy atom. The number of halogens is 2. The number of nitrogens with zero attached hydrogens (tertiary/aromatic N) is 3. The lowest BCUT2D eigenvalue weighted by atomic mass is 10.1. The van der Waals surface area contributed by atoms with Crippen LogP contribution in [0.3, 0.4) is 0 Å². The van der Waals surface area contributed by atoms with E-state index in [4.69, 9.17) is 10.5 Å². The third-order valence-corrected chi connectivity index (χ3v) is 7.07. The standard InChI is InChI=1S/C26H23FIN5O5/c1-13-22-21(23(31(2)24(13)35)30-19-9-6-14(28)10-18(19)27)25(36)33(15-7-8-15)26(37)32(22)16-4-3-5-17(11-16)38-12-20(29)34/h3-6,9-11,15,30H,7-8,12H2,1-2H3,(H2,29,34). The monoisotopic (exact) mass is 631 g/mol. The van der Waals surface area contributed by atoms with Crippen molar-refractivity contribution in [2.45, 2.75) is 25.8 Å². The Morgan fingerprint density at radius 3 is 2.55 bits per heavy atom. The highest BCUT2D eigenvalue weighted by Crippen LogP contribution is 2.34. The fraction of sp³-hybridized carbons (Fsp3) is 0.231. The third kappa shape index (κ3) is 4.48. The number of pyridine rings is 1. The lowest BCUT2D eigenvalue weighted by Crippen LogP contribution is -2.41. The highest BCUT2D eigenvalue weighted by molar-refractivity contribution is 14.1. The summed E-state index contributed by atoms with van der Waals surface area (Å²) in [6.45, 7) is 1.17. The van der Waals surface area contributed by atoms with E-state index in [9.17, 15) is 23.6 Å². The fourth-order valence-corrected chi connectivity index (χ4v) is 4.89. The number of anilines is 2. The number of amides is 1. The molecular formula is C26H23FIN5O5. The van der Waals surface area contributed by atoms with Gasteiger partial charge >= 0.3 is 5.69 Å².